The fourth-order valence-electron chi connectivity index (χ4n) is 5.61. The van der Waals surface area contributed by atoms with Gasteiger partial charge in [0.05, 0.1) is 29.2 Å². The molecule has 6 atom stereocenters. The Labute approximate surface area is 195 Å². The number of fused-ring (bicyclic) bond motifs is 1. The summed E-state index contributed by atoms with van der Waals surface area (Å²) in [7, 11) is 0. The minimum absolute atomic E-state index is 0.0314. The number of carbonyl (C=O) groups is 3. The molecule has 3 rings (SSSR count). The number of aliphatic hydroxyl groups is 1. The zero-order chi connectivity index (χ0) is 23.5. The van der Waals surface area contributed by atoms with Gasteiger partial charge in [-0.2, -0.15) is 0 Å². The molecule has 0 aromatic carbocycles. The molecule has 1 spiro atoms. The van der Waals surface area contributed by atoms with Gasteiger partial charge >= 0.3 is 5.97 Å². The Morgan fingerprint density at radius 3 is 2.75 bits per heavy atom. The number of hydrogen-bond donors (Lipinski definition) is 1. The van der Waals surface area contributed by atoms with Crippen LogP contribution in [0.3, 0.4) is 0 Å². The number of esters is 1. The molecule has 32 heavy (non-hydrogen) atoms. The molecule has 0 saturated carbocycles. The second-order valence-corrected chi connectivity index (χ2v) is 10.6. The van der Waals surface area contributed by atoms with Crippen LogP contribution in [0.25, 0.3) is 0 Å². The van der Waals surface area contributed by atoms with E-state index in [4.69, 9.17) is 4.74 Å². The number of nitrogens with zero attached hydrogens (tertiary/aromatic N) is 2. The van der Waals surface area contributed by atoms with Gasteiger partial charge in [-0.15, -0.1) is 18.3 Å². The summed E-state index contributed by atoms with van der Waals surface area (Å²) < 4.78 is 4.69. The molecule has 3 aliphatic heterocycles. The van der Waals surface area contributed by atoms with Crippen molar-refractivity contribution in [3.05, 3.63) is 25.3 Å². The maximum atomic E-state index is 13.9. The van der Waals surface area contributed by atoms with Crippen LogP contribution in [-0.4, -0.2) is 81.1 Å². The summed E-state index contributed by atoms with van der Waals surface area (Å²) in [5.74, 6) is -1.89. The van der Waals surface area contributed by atoms with Gasteiger partial charge in [-0.1, -0.05) is 38.5 Å². The normalized spacial score (nSPS) is 31.3. The number of likely N-dealkylation sites (tertiary alicyclic amines) is 1. The summed E-state index contributed by atoms with van der Waals surface area (Å²) in [4.78, 5) is 43.9. The molecule has 3 heterocycles. The average Bonchev–Trinajstić information content (AvgIpc) is 3.43. The highest BCUT2D eigenvalue weighted by Crippen LogP contribution is 2.66. The molecule has 8 heteroatoms. The maximum Gasteiger partial charge on any atom is 0.311 e. The lowest BCUT2D eigenvalue weighted by Crippen LogP contribution is -2.57. The molecule has 0 radical (unpaired) electrons. The van der Waals surface area contributed by atoms with Crippen molar-refractivity contribution >= 4 is 29.5 Å². The smallest absolute Gasteiger partial charge is 0.311 e. The monoisotopic (exact) mass is 464 g/mol. The molecular weight excluding hydrogens is 428 g/mol. The molecule has 1 N–H and O–H groups in total. The summed E-state index contributed by atoms with van der Waals surface area (Å²) in [6.45, 7) is 12.1. The highest BCUT2D eigenvalue weighted by molar-refractivity contribution is 8.02. The Morgan fingerprint density at radius 1 is 1.38 bits per heavy atom. The number of unbranched alkanes of at least 4 members (excludes halogenated alkanes) is 2. The summed E-state index contributed by atoms with van der Waals surface area (Å²) in [6.07, 6.45) is 7.64. The summed E-state index contributed by atoms with van der Waals surface area (Å²) in [5, 5.41) is 9.87. The Hall–Kier alpha value is -1.80. The molecule has 0 aromatic heterocycles. The van der Waals surface area contributed by atoms with Gasteiger partial charge in [-0.3, -0.25) is 14.4 Å². The van der Waals surface area contributed by atoms with Gasteiger partial charge in [0.25, 0.3) is 0 Å². The van der Waals surface area contributed by atoms with Gasteiger partial charge in [0.15, 0.2) is 0 Å². The van der Waals surface area contributed by atoms with Crippen LogP contribution >= 0.6 is 11.8 Å². The third-order valence-corrected chi connectivity index (χ3v) is 8.97. The molecule has 0 aliphatic carbocycles. The molecular formula is C24H36N2O5S. The van der Waals surface area contributed by atoms with E-state index in [1.54, 1.807) is 34.6 Å². The van der Waals surface area contributed by atoms with Gasteiger partial charge in [0, 0.05) is 18.3 Å². The number of ether oxygens (including phenoxy) is 1. The van der Waals surface area contributed by atoms with Crippen molar-refractivity contribution < 1.29 is 24.2 Å². The summed E-state index contributed by atoms with van der Waals surface area (Å²) in [5.41, 5.74) is 0. The van der Waals surface area contributed by atoms with E-state index in [9.17, 15) is 19.5 Å². The van der Waals surface area contributed by atoms with Crippen LogP contribution in [0.1, 0.15) is 46.0 Å². The number of aliphatic hydroxyl groups excluding tert-OH is 1. The van der Waals surface area contributed by atoms with E-state index in [0.29, 0.717) is 19.5 Å². The molecule has 2 bridgehead atoms. The second kappa shape index (κ2) is 10.4. The van der Waals surface area contributed by atoms with Crippen LogP contribution in [0.15, 0.2) is 25.3 Å². The molecule has 3 saturated heterocycles. The number of thioether (sulfide) groups is 1. The molecule has 7 nitrogen and oxygen atoms in total. The van der Waals surface area contributed by atoms with Gasteiger partial charge in [-0.05, 0) is 26.2 Å². The fraction of sp³-hybridized carbons (Fsp3) is 0.708. The summed E-state index contributed by atoms with van der Waals surface area (Å²) >= 11 is 1.61. The Kier molecular flexibility index (Phi) is 8.09. The van der Waals surface area contributed by atoms with Gasteiger partial charge in [-0.25, -0.2) is 0 Å². The lowest BCUT2D eigenvalue weighted by molar-refractivity contribution is -0.153. The third kappa shape index (κ3) is 4.12. The highest BCUT2D eigenvalue weighted by atomic mass is 32.2. The average molecular weight is 465 g/mol. The highest BCUT2D eigenvalue weighted by Gasteiger charge is 2.74. The molecule has 2 unspecified atom stereocenters. The molecule has 2 amide bonds. The predicted molar refractivity (Wildman–Crippen MR) is 125 cm³/mol. The van der Waals surface area contributed by atoms with Crippen LogP contribution < -0.4 is 0 Å². The van der Waals surface area contributed by atoms with Crippen molar-refractivity contribution in [3.8, 4) is 0 Å². The van der Waals surface area contributed by atoms with Gasteiger partial charge in [0.2, 0.25) is 11.8 Å². The number of carbonyl (C=O) groups excluding carboxylic acids is 3. The standard InChI is InChI=1S/C24H36N2O5S/c1-5-8-9-13-25(12-6-2)22(29)20-24-11-10-17(32-24)18(23(30)31-14-7-3)19(24)21(28)26(20)16(4)15-27/h6-7,16-20,27H,2-3,5,8-15H2,1,4H3/t16-,17-,18+,19+,20?,24?/m1/s1. The number of amides is 2. The lowest BCUT2D eigenvalue weighted by Gasteiger charge is -2.38. The van der Waals surface area contributed by atoms with Crippen molar-refractivity contribution in [2.75, 3.05) is 26.3 Å². The first-order valence-electron chi connectivity index (χ1n) is 11.7. The van der Waals surface area contributed by atoms with Gasteiger partial charge < -0.3 is 19.6 Å². The molecule has 3 aliphatic rings. The Balaban J connectivity index is 1.97. The summed E-state index contributed by atoms with van der Waals surface area (Å²) in [6, 6.07) is -1.21. The van der Waals surface area contributed by atoms with E-state index in [0.717, 1.165) is 25.7 Å². The molecule has 0 aromatic rings. The minimum atomic E-state index is -0.698. The van der Waals surface area contributed by atoms with E-state index in [1.165, 1.54) is 6.08 Å². The zero-order valence-electron chi connectivity index (χ0n) is 19.2. The van der Waals surface area contributed by atoms with E-state index in [1.807, 2.05) is 0 Å². The first-order valence-corrected chi connectivity index (χ1v) is 12.5. The predicted octanol–water partition coefficient (Wildman–Crippen LogP) is 2.39. The molecule has 178 valence electrons. The van der Waals surface area contributed by atoms with Crippen LogP contribution in [0.5, 0.6) is 0 Å². The number of rotatable bonds is 12. The number of hydrogen-bond acceptors (Lipinski definition) is 6. The van der Waals surface area contributed by atoms with E-state index < -0.39 is 34.6 Å². The largest absolute Gasteiger partial charge is 0.461 e. The van der Waals surface area contributed by atoms with E-state index in [2.05, 4.69) is 20.1 Å². The zero-order valence-corrected chi connectivity index (χ0v) is 20.0. The first kappa shape index (κ1) is 24.8. The van der Waals surface area contributed by atoms with Crippen molar-refractivity contribution in [2.24, 2.45) is 11.8 Å². The Bertz CT molecular complexity index is 759. The first-order chi connectivity index (χ1) is 15.4. The van der Waals surface area contributed by atoms with Crippen LogP contribution in [0.4, 0.5) is 0 Å². The maximum absolute atomic E-state index is 13.9. The minimum Gasteiger partial charge on any atom is -0.461 e. The SMILES string of the molecule is C=CCOC(=O)[C@@H]1[C@H]2C(=O)N([C@H](C)CO)C(C(=O)N(CC=C)CCCCC)C23CC[C@H]1S3. The Morgan fingerprint density at radius 2 is 2.12 bits per heavy atom. The van der Waals surface area contributed by atoms with Crippen LogP contribution in [0, 0.1) is 11.8 Å². The van der Waals surface area contributed by atoms with Crippen molar-refractivity contribution in [1.82, 2.24) is 9.80 Å². The van der Waals surface area contributed by atoms with Crippen molar-refractivity contribution in [3.63, 3.8) is 0 Å². The van der Waals surface area contributed by atoms with Gasteiger partial charge in [0.1, 0.15) is 12.6 Å². The van der Waals surface area contributed by atoms with E-state index >= 15 is 0 Å². The van der Waals surface area contributed by atoms with Crippen molar-refractivity contribution in [1.29, 1.82) is 0 Å². The van der Waals surface area contributed by atoms with Crippen molar-refractivity contribution in [2.45, 2.75) is 68.0 Å². The fourth-order valence-corrected chi connectivity index (χ4v) is 7.80. The lowest BCUT2D eigenvalue weighted by atomic mass is 9.71. The quantitative estimate of drug-likeness (QED) is 0.271. The van der Waals surface area contributed by atoms with E-state index in [-0.39, 0.29) is 30.3 Å². The van der Waals surface area contributed by atoms with Crippen LogP contribution in [0.2, 0.25) is 0 Å². The third-order valence-electron chi connectivity index (χ3n) is 7.02. The molecule has 3 fully saturated rings. The van der Waals surface area contributed by atoms with Crippen LogP contribution in [-0.2, 0) is 19.1 Å². The topological polar surface area (TPSA) is 87.1 Å². The second-order valence-electron chi connectivity index (χ2n) is 9.03.